The molecule has 0 aromatic carbocycles. The maximum atomic E-state index is 12.8. The standard InChI is InChI=1S/C56H98O6/c1-4-7-10-13-16-19-22-25-27-28-30-31-34-37-40-43-46-49-55(58)61-52-53(51-60-54(57)48-45-42-39-36-33-24-21-18-15-12-9-6-3)62-56(59)50-47-44-41-38-35-32-29-26-23-20-17-14-11-8-5-2/h8,11,17-18,20-21,26,29,35,38,53H,4-7,9-10,12-16,19,22-25,27-28,30-34,36-37,39-52H2,1-3H3/b11-8-,20-17-,21-18-,29-26-,38-35-. The maximum absolute atomic E-state index is 12.8. The normalized spacial score (nSPS) is 12.5. The van der Waals surface area contributed by atoms with Gasteiger partial charge in [0.05, 0.1) is 0 Å². The van der Waals surface area contributed by atoms with Crippen LogP contribution in [0.2, 0.25) is 0 Å². The summed E-state index contributed by atoms with van der Waals surface area (Å²) >= 11 is 0. The van der Waals surface area contributed by atoms with Gasteiger partial charge in [0.15, 0.2) is 6.10 Å². The summed E-state index contributed by atoms with van der Waals surface area (Å²) in [4.78, 5) is 38.0. The van der Waals surface area contributed by atoms with E-state index in [0.717, 1.165) is 83.5 Å². The van der Waals surface area contributed by atoms with Gasteiger partial charge in [-0.1, -0.05) is 216 Å². The third-order valence-corrected chi connectivity index (χ3v) is 11.3. The fourth-order valence-corrected chi connectivity index (χ4v) is 7.31. The van der Waals surface area contributed by atoms with Gasteiger partial charge in [-0.2, -0.15) is 0 Å². The number of carbonyl (C=O) groups is 3. The Hall–Kier alpha value is -2.89. The summed E-state index contributed by atoms with van der Waals surface area (Å²) in [5.74, 6) is -0.937. The van der Waals surface area contributed by atoms with Gasteiger partial charge in [-0.15, -0.1) is 0 Å². The second-order valence-corrected chi connectivity index (χ2v) is 17.4. The zero-order chi connectivity index (χ0) is 45.1. The number of rotatable bonds is 47. The van der Waals surface area contributed by atoms with Gasteiger partial charge >= 0.3 is 17.9 Å². The Bertz CT molecular complexity index is 1130. The van der Waals surface area contributed by atoms with Gasteiger partial charge < -0.3 is 14.2 Å². The van der Waals surface area contributed by atoms with Crippen LogP contribution in [0.5, 0.6) is 0 Å². The summed E-state index contributed by atoms with van der Waals surface area (Å²) in [5.41, 5.74) is 0. The first-order chi connectivity index (χ1) is 30.5. The summed E-state index contributed by atoms with van der Waals surface area (Å²) in [6, 6.07) is 0. The molecule has 0 aromatic rings. The summed E-state index contributed by atoms with van der Waals surface area (Å²) in [6.45, 7) is 6.47. The smallest absolute Gasteiger partial charge is 0.306 e. The number of carbonyl (C=O) groups excluding carboxylic acids is 3. The van der Waals surface area contributed by atoms with E-state index >= 15 is 0 Å². The van der Waals surface area contributed by atoms with Crippen molar-refractivity contribution in [1.29, 1.82) is 0 Å². The third-order valence-electron chi connectivity index (χ3n) is 11.3. The number of unbranched alkanes of at least 4 members (excludes halogenated alkanes) is 26. The molecule has 0 saturated carbocycles. The van der Waals surface area contributed by atoms with Crippen LogP contribution in [0.4, 0.5) is 0 Å². The highest BCUT2D eigenvalue weighted by atomic mass is 16.6. The number of esters is 3. The number of ether oxygens (including phenoxy) is 3. The topological polar surface area (TPSA) is 78.9 Å². The molecule has 1 atom stereocenters. The van der Waals surface area contributed by atoms with E-state index in [2.05, 4.69) is 81.5 Å². The van der Waals surface area contributed by atoms with Crippen LogP contribution in [-0.4, -0.2) is 37.2 Å². The van der Waals surface area contributed by atoms with Gasteiger partial charge in [-0.3, -0.25) is 14.4 Å². The molecule has 6 heteroatoms. The lowest BCUT2D eigenvalue weighted by Crippen LogP contribution is -2.30. The minimum atomic E-state index is -0.796. The molecule has 0 bridgehead atoms. The summed E-state index contributed by atoms with van der Waals surface area (Å²) in [6.07, 6.45) is 62.1. The fraction of sp³-hybridized carbons (Fsp3) is 0.768. The summed E-state index contributed by atoms with van der Waals surface area (Å²) < 4.78 is 16.8. The Balaban J connectivity index is 4.41. The number of allylic oxidation sites excluding steroid dienone is 10. The molecule has 0 aromatic heterocycles. The largest absolute Gasteiger partial charge is 0.462 e. The molecule has 0 rings (SSSR count). The van der Waals surface area contributed by atoms with Crippen molar-refractivity contribution < 1.29 is 28.6 Å². The Kier molecular flexibility index (Phi) is 48.4. The van der Waals surface area contributed by atoms with Crippen molar-refractivity contribution in [2.75, 3.05) is 13.2 Å². The van der Waals surface area contributed by atoms with Crippen molar-refractivity contribution in [2.24, 2.45) is 0 Å². The summed E-state index contributed by atoms with van der Waals surface area (Å²) in [5, 5.41) is 0. The Morgan fingerprint density at radius 1 is 0.339 bits per heavy atom. The van der Waals surface area contributed by atoms with Crippen LogP contribution in [0.25, 0.3) is 0 Å². The Morgan fingerprint density at radius 3 is 1.06 bits per heavy atom. The molecule has 0 N–H and O–H groups in total. The molecule has 0 fully saturated rings. The van der Waals surface area contributed by atoms with Crippen molar-refractivity contribution in [3.05, 3.63) is 60.8 Å². The van der Waals surface area contributed by atoms with E-state index in [1.807, 2.05) is 0 Å². The van der Waals surface area contributed by atoms with Gasteiger partial charge in [0.2, 0.25) is 0 Å². The van der Waals surface area contributed by atoms with Gasteiger partial charge in [-0.25, -0.2) is 0 Å². The molecular formula is C56H98O6. The van der Waals surface area contributed by atoms with Crippen molar-refractivity contribution in [3.8, 4) is 0 Å². The predicted octanol–water partition coefficient (Wildman–Crippen LogP) is 17.3. The molecule has 62 heavy (non-hydrogen) atoms. The highest BCUT2D eigenvalue weighted by Crippen LogP contribution is 2.15. The highest BCUT2D eigenvalue weighted by Gasteiger charge is 2.19. The molecule has 6 nitrogen and oxygen atoms in total. The van der Waals surface area contributed by atoms with Gasteiger partial charge in [-0.05, 0) is 83.5 Å². The van der Waals surface area contributed by atoms with E-state index in [0.29, 0.717) is 19.3 Å². The number of hydrogen-bond donors (Lipinski definition) is 0. The molecule has 0 radical (unpaired) electrons. The molecule has 0 spiro atoms. The second-order valence-electron chi connectivity index (χ2n) is 17.4. The van der Waals surface area contributed by atoms with E-state index < -0.39 is 6.10 Å². The second kappa shape index (κ2) is 50.8. The minimum Gasteiger partial charge on any atom is -0.462 e. The van der Waals surface area contributed by atoms with Crippen LogP contribution in [-0.2, 0) is 28.6 Å². The van der Waals surface area contributed by atoms with Crippen molar-refractivity contribution in [1.82, 2.24) is 0 Å². The quantitative estimate of drug-likeness (QED) is 0.0262. The molecule has 0 saturated heterocycles. The molecule has 0 amide bonds. The first-order valence-electron chi connectivity index (χ1n) is 26.3. The fourth-order valence-electron chi connectivity index (χ4n) is 7.31. The van der Waals surface area contributed by atoms with E-state index in [9.17, 15) is 14.4 Å². The van der Waals surface area contributed by atoms with Crippen LogP contribution in [0, 0.1) is 0 Å². The Labute approximate surface area is 383 Å². The van der Waals surface area contributed by atoms with Gasteiger partial charge in [0.1, 0.15) is 13.2 Å². The van der Waals surface area contributed by atoms with Crippen LogP contribution >= 0.6 is 0 Å². The molecule has 0 aliphatic rings. The first kappa shape index (κ1) is 59.1. The zero-order valence-electron chi connectivity index (χ0n) is 40.9. The lowest BCUT2D eigenvalue weighted by atomic mass is 10.0. The molecular weight excluding hydrogens is 769 g/mol. The van der Waals surface area contributed by atoms with E-state index in [1.165, 1.54) is 128 Å². The Morgan fingerprint density at radius 2 is 0.629 bits per heavy atom. The van der Waals surface area contributed by atoms with Crippen LogP contribution in [0.15, 0.2) is 60.8 Å². The van der Waals surface area contributed by atoms with Gasteiger partial charge in [0.25, 0.3) is 0 Å². The SMILES string of the molecule is CC/C=C\C/C=C\C/C=C\C/C=C\CCCCC(=O)OC(COC(=O)CCCCCCC/C=C\CCCCC)COC(=O)CCCCCCCCCCCCCCCCCCC. The summed E-state index contributed by atoms with van der Waals surface area (Å²) in [7, 11) is 0. The molecule has 0 aliphatic carbocycles. The minimum absolute atomic E-state index is 0.0915. The van der Waals surface area contributed by atoms with Crippen molar-refractivity contribution >= 4 is 17.9 Å². The first-order valence-corrected chi connectivity index (χ1v) is 26.3. The van der Waals surface area contributed by atoms with Crippen LogP contribution in [0.3, 0.4) is 0 Å². The lowest BCUT2D eigenvalue weighted by Gasteiger charge is -2.18. The number of hydrogen-bond acceptors (Lipinski definition) is 6. The average molecular weight is 867 g/mol. The van der Waals surface area contributed by atoms with E-state index in [4.69, 9.17) is 14.2 Å². The monoisotopic (exact) mass is 867 g/mol. The molecule has 0 heterocycles. The van der Waals surface area contributed by atoms with Crippen molar-refractivity contribution in [2.45, 2.75) is 264 Å². The highest BCUT2D eigenvalue weighted by molar-refractivity contribution is 5.71. The lowest BCUT2D eigenvalue weighted by molar-refractivity contribution is -0.167. The van der Waals surface area contributed by atoms with E-state index in [1.54, 1.807) is 0 Å². The maximum Gasteiger partial charge on any atom is 0.306 e. The van der Waals surface area contributed by atoms with Crippen LogP contribution in [0.1, 0.15) is 258 Å². The molecule has 358 valence electrons. The molecule has 0 aliphatic heterocycles. The average Bonchev–Trinajstić information content (AvgIpc) is 3.27. The molecule has 1 unspecified atom stereocenters. The van der Waals surface area contributed by atoms with Crippen LogP contribution < -0.4 is 0 Å². The predicted molar refractivity (Wildman–Crippen MR) is 265 cm³/mol. The zero-order valence-corrected chi connectivity index (χ0v) is 40.9. The third kappa shape index (κ3) is 48.1. The van der Waals surface area contributed by atoms with Gasteiger partial charge in [0, 0.05) is 19.3 Å². The van der Waals surface area contributed by atoms with Crippen molar-refractivity contribution in [3.63, 3.8) is 0 Å². The van der Waals surface area contributed by atoms with E-state index in [-0.39, 0.29) is 37.5 Å².